The molecule has 2 nitrogen and oxygen atoms in total. The average Bonchev–Trinajstić information content (AvgIpc) is 2.31. The highest BCUT2D eigenvalue weighted by atomic mass is 16.3. The molecule has 0 aliphatic rings. The van der Waals surface area contributed by atoms with Crippen molar-refractivity contribution in [3.63, 3.8) is 0 Å². The van der Waals surface area contributed by atoms with E-state index in [4.69, 9.17) is 18.0 Å². The van der Waals surface area contributed by atoms with Gasteiger partial charge in [0, 0.05) is 0 Å². The first-order valence-corrected chi connectivity index (χ1v) is 3.76. The first kappa shape index (κ1) is 8.40. The molecule has 0 unspecified atom stereocenters. The van der Waals surface area contributed by atoms with Crippen molar-refractivity contribution in [3.05, 3.63) is 17.6 Å². The maximum absolute atomic E-state index is 5.73. The minimum absolute atomic E-state index is 0.0222. The Morgan fingerprint density at radius 3 is 2.73 bits per heavy atom. The van der Waals surface area contributed by atoms with Crippen LogP contribution in [-0.2, 0) is 0 Å². The fraction of sp³-hybridized carbons (Fsp3) is 0.500. The van der Waals surface area contributed by atoms with Gasteiger partial charge < -0.3 is 10.2 Å². The topological polar surface area (TPSA) is 39.2 Å². The zero-order chi connectivity index (χ0) is 8.43. The molecule has 2 radical (unpaired) electrons. The van der Waals surface area contributed by atoms with Crippen LogP contribution in [0.3, 0.4) is 0 Å². The summed E-state index contributed by atoms with van der Waals surface area (Å²) in [5, 5.41) is 0. The van der Waals surface area contributed by atoms with Crippen LogP contribution in [0.25, 0.3) is 0 Å². The van der Waals surface area contributed by atoms with Crippen molar-refractivity contribution < 1.29 is 4.42 Å². The van der Waals surface area contributed by atoms with Crippen LogP contribution < -0.4 is 11.2 Å². The molecule has 0 aromatic carbocycles. The summed E-state index contributed by atoms with van der Waals surface area (Å²) in [6.07, 6.45) is 0.867. The summed E-state index contributed by atoms with van der Waals surface area (Å²) in [5.41, 5.74) is 6.41. The predicted molar refractivity (Wildman–Crippen MR) is 46.1 cm³/mol. The van der Waals surface area contributed by atoms with E-state index < -0.39 is 0 Å². The molecule has 3 heteroatoms. The largest absolute Gasteiger partial charge is 0.465 e. The van der Waals surface area contributed by atoms with E-state index in [1.165, 1.54) is 0 Å². The number of nitrogens with two attached hydrogens (primary N) is 1. The fourth-order valence-corrected chi connectivity index (χ4v) is 0.904. The lowest BCUT2D eigenvalue weighted by atomic mass is 9.96. The molecular weight excluding hydrogens is 137 g/mol. The minimum atomic E-state index is -0.0222. The first-order chi connectivity index (χ1) is 5.15. The van der Waals surface area contributed by atoms with Gasteiger partial charge in [-0.15, -0.1) is 0 Å². The third-order valence-electron chi connectivity index (χ3n) is 1.78. The van der Waals surface area contributed by atoms with Crippen molar-refractivity contribution in [1.29, 1.82) is 0 Å². The molecule has 0 aliphatic heterocycles. The summed E-state index contributed by atoms with van der Waals surface area (Å²) in [5.74, 6) is 1.53. The standard InChI is InChI=1S/C8H12BNO/c1-3-7(10)8-4-6(9)5(2)11-8/h4,7H,3,10H2,1-2H3/t7-/m1/s1. The second-order valence-electron chi connectivity index (χ2n) is 2.68. The molecule has 0 fully saturated rings. The summed E-state index contributed by atoms with van der Waals surface area (Å²) in [4.78, 5) is 0. The maximum atomic E-state index is 5.73. The van der Waals surface area contributed by atoms with Gasteiger partial charge in [-0.25, -0.2) is 0 Å². The Balaban J connectivity index is 2.88. The van der Waals surface area contributed by atoms with Gasteiger partial charge in [0.1, 0.15) is 13.6 Å². The van der Waals surface area contributed by atoms with E-state index in [2.05, 4.69) is 0 Å². The average molecular weight is 149 g/mol. The van der Waals surface area contributed by atoms with Crippen LogP contribution in [-0.4, -0.2) is 7.85 Å². The van der Waals surface area contributed by atoms with Crippen molar-refractivity contribution in [1.82, 2.24) is 0 Å². The lowest BCUT2D eigenvalue weighted by Crippen LogP contribution is -2.08. The summed E-state index contributed by atoms with van der Waals surface area (Å²) in [6, 6.07) is 1.77. The van der Waals surface area contributed by atoms with Gasteiger partial charge in [-0.2, -0.15) is 0 Å². The van der Waals surface area contributed by atoms with E-state index in [0.29, 0.717) is 5.46 Å². The van der Waals surface area contributed by atoms with Gasteiger partial charge >= 0.3 is 0 Å². The monoisotopic (exact) mass is 149 g/mol. The second-order valence-corrected chi connectivity index (χ2v) is 2.68. The van der Waals surface area contributed by atoms with Gasteiger partial charge in [-0.3, -0.25) is 0 Å². The molecule has 58 valence electrons. The van der Waals surface area contributed by atoms with E-state index in [0.717, 1.165) is 17.9 Å². The smallest absolute Gasteiger partial charge is 0.120 e. The number of aryl methyl sites for hydroxylation is 1. The molecule has 1 rings (SSSR count). The summed E-state index contributed by atoms with van der Waals surface area (Å²) >= 11 is 0. The molecule has 0 saturated heterocycles. The molecule has 11 heavy (non-hydrogen) atoms. The normalized spacial score (nSPS) is 13.4. The zero-order valence-electron chi connectivity index (χ0n) is 6.92. The van der Waals surface area contributed by atoms with Gasteiger partial charge in [0.2, 0.25) is 0 Å². The van der Waals surface area contributed by atoms with Gasteiger partial charge in [0.05, 0.1) is 11.8 Å². The maximum Gasteiger partial charge on any atom is 0.120 e. The van der Waals surface area contributed by atoms with Crippen LogP contribution in [0.15, 0.2) is 10.5 Å². The number of rotatable bonds is 2. The van der Waals surface area contributed by atoms with E-state index in [1.807, 2.05) is 13.8 Å². The van der Waals surface area contributed by atoms with Crippen molar-refractivity contribution in [2.45, 2.75) is 26.3 Å². The predicted octanol–water partition coefficient (Wildman–Crippen LogP) is 0.792. The zero-order valence-corrected chi connectivity index (χ0v) is 6.92. The number of hydrogen-bond donors (Lipinski definition) is 1. The lowest BCUT2D eigenvalue weighted by Gasteiger charge is -2.02. The van der Waals surface area contributed by atoms with Crippen LogP contribution in [0, 0.1) is 6.92 Å². The van der Waals surface area contributed by atoms with Crippen LogP contribution in [0.2, 0.25) is 0 Å². The number of furan rings is 1. The van der Waals surface area contributed by atoms with Crippen LogP contribution >= 0.6 is 0 Å². The fourth-order valence-electron chi connectivity index (χ4n) is 0.904. The number of hydrogen-bond acceptors (Lipinski definition) is 2. The van der Waals surface area contributed by atoms with Crippen molar-refractivity contribution in [3.8, 4) is 0 Å². The molecule has 1 heterocycles. The Morgan fingerprint density at radius 2 is 2.36 bits per heavy atom. The Morgan fingerprint density at radius 1 is 1.73 bits per heavy atom. The highest BCUT2D eigenvalue weighted by molar-refractivity contribution is 6.33. The molecule has 0 bridgehead atoms. The lowest BCUT2D eigenvalue weighted by molar-refractivity contribution is 0.442. The molecular formula is C8H12BNO. The summed E-state index contributed by atoms with van der Waals surface area (Å²) in [6.45, 7) is 3.85. The molecule has 1 aromatic rings. The molecule has 1 atom stereocenters. The Bertz CT molecular complexity index is 225. The second kappa shape index (κ2) is 3.14. The minimum Gasteiger partial charge on any atom is -0.465 e. The van der Waals surface area contributed by atoms with Gasteiger partial charge in [-0.05, 0) is 19.4 Å². The molecule has 0 spiro atoms. The Hall–Kier alpha value is -0.695. The van der Waals surface area contributed by atoms with Crippen molar-refractivity contribution in [2.75, 3.05) is 0 Å². The van der Waals surface area contributed by atoms with Crippen LogP contribution in [0.1, 0.15) is 30.9 Å². The third kappa shape index (κ3) is 1.66. The Labute approximate surface area is 68.2 Å². The van der Waals surface area contributed by atoms with Crippen molar-refractivity contribution >= 4 is 13.3 Å². The highest BCUT2D eigenvalue weighted by Crippen LogP contribution is 2.14. The van der Waals surface area contributed by atoms with Crippen molar-refractivity contribution in [2.24, 2.45) is 5.73 Å². The SMILES string of the molecule is [B]c1cc([C@H](N)CC)oc1C. The van der Waals surface area contributed by atoms with Crippen LogP contribution in [0.4, 0.5) is 0 Å². The van der Waals surface area contributed by atoms with E-state index in [1.54, 1.807) is 6.07 Å². The summed E-state index contributed by atoms with van der Waals surface area (Å²) < 4.78 is 5.32. The Kier molecular flexibility index (Phi) is 2.40. The first-order valence-electron chi connectivity index (χ1n) is 3.76. The molecule has 1 aromatic heterocycles. The van der Waals surface area contributed by atoms with Gasteiger partial charge in [-0.1, -0.05) is 12.4 Å². The quantitative estimate of drug-likeness (QED) is 0.631. The highest BCUT2D eigenvalue weighted by Gasteiger charge is 2.08. The molecule has 0 aliphatic carbocycles. The van der Waals surface area contributed by atoms with E-state index in [-0.39, 0.29) is 6.04 Å². The molecule has 0 amide bonds. The third-order valence-corrected chi connectivity index (χ3v) is 1.78. The van der Waals surface area contributed by atoms with Crippen LogP contribution in [0.5, 0.6) is 0 Å². The summed E-state index contributed by atoms with van der Waals surface area (Å²) in [7, 11) is 5.58. The molecule has 0 saturated carbocycles. The van der Waals surface area contributed by atoms with Gasteiger partial charge in [0.15, 0.2) is 0 Å². The van der Waals surface area contributed by atoms with E-state index in [9.17, 15) is 0 Å². The van der Waals surface area contributed by atoms with E-state index >= 15 is 0 Å². The van der Waals surface area contributed by atoms with Gasteiger partial charge in [0.25, 0.3) is 0 Å². The molecule has 2 N–H and O–H groups in total.